The van der Waals surface area contributed by atoms with Crippen molar-refractivity contribution in [3.63, 3.8) is 0 Å². The summed E-state index contributed by atoms with van der Waals surface area (Å²) in [6, 6.07) is 15.0. The minimum atomic E-state index is -4.31. The van der Waals surface area contributed by atoms with Gasteiger partial charge in [-0.1, -0.05) is 24.3 Å². The van der Waals surface area contributed by atoms with Crippen LogP contribution in [0.5, 0.6) is 0 Å². The summed E-state index contributed by atoms with van der Waals surface area (Å²) in [5, 5.41) is 20.6. The average Bonchev–Trinajstić information content (AvgIpc) is 3.84. The Morgan fingerprint density at radius 1 is 0.889 bits per heavy atom. The maximum atomic E-state index is 13.1. The van der Waals surface area contributed by atoms with Crippen LogP contribution in [0.3, 0.4) is 0 Å². The molecule has 3 aromatic carbocycles. The number of hydrogen-bond donors (Lipinski definition) is 6. The van der Waals surface area contributed by atoms with Gasteiger partial charge < -0.3 is 30.2 Å². The minimum absolute atomic E-state index is 0.0694. The van der Waals surface area contributed by atoms with Crippen molar-refractivity contribution in [3.8, 4) is 11.1 Å². The highest BCUT2D eigenvalue weighted by Crippen LogP contribution is 2.23. The van der Waals surface area contributed by atoms with Gasteiger partial charge in [-0.2, -0.15) is 9.82 Å². The van der Waals surface area contributed by atoms with Crippen LogP contribution in [0.15, 0.2) is 95.1 Å². The fraction of sp³-hybridized carbons (Fsp3) is 0.314. The number of imidazole rings is 1. The second-order valence-corrected chi connectivity index (χ2v) is 15.5. The number of nitrogens with zero attached hydrogens (tertiary/aromatic N) is 3. The van der Waals surface area contributed by atoms with E-state index in [4.69, 9.17) is 9.47 Å². The van der Waals surface area contributed by atoms with Gasteiger partial charge >= 0.3 is 5.97 Å². The lowest BCUT2D eigenvalue weighted by Crippen LogP contribution is -2.48. The first-order valence-electron chi connectivity index (χ1n) is 17.0. The highest BCUT2D eigenvalue weighted by molar-refractivity contribution is 7.89. The number of aromatic amines is 1. The van der Waals surface area contributed by atoms with E-state index in [0.29, 0.717) is 61.8 Å². The number of hydrogen-bond acceptors (Lipinski definition) is 11. The quantitative estimate of drug-likeness (QED) is 0.0556. The van der Waals surface area contributed by atoms with Gasteiger partial charge in [0.05, 0.1) is 34.7 Å². The number of benzene rings is 3. The maximum absolute atomic E-state index is 13.1. The normalized spacial score (nSPS) is 12.5. The molecule has 0 bridgehead atoms. The van der Waals surface area contributed by atoms with E-state index >= 15 is 0 Å². The number of rotatable bonds is 22. The number of ether oxygens (including phenoxy) is 2. The highest BCUT2D eigenvalue weighted by atomic mass is 32.2. The predicted octanol–water partition coefficient (Wildman–Crippen LogP) is 2.42. The molecular formula is C35H42N8O9S2. The zero-order valence-corrected chi connectivity index (χ0v) is 31.0. The van der Waals surface area contributed by atoms with Gasteiger partial charge in [-0.05, 0) is 66.4 Å². The molecule has 1 atom stereocenters. The number of aryl methyl sites for hydroxylation is 1. The molecule has 0 aliphatic heterocycles. The first kappa shape index (κ1) is 40.0. The van der Waals surface area contributed by atoms with Crippen LogP contribution in [0.25, 0.3) is 22.0 Å². The second kappa shape index (κ2) is 18.7. The Balaban J connectivity index is 1.12. The molecule has 54 heavy (non-hydrogen) atoms. The van der Waals surface area contributed by atoms with Gasteiger partial charge in [0, 0.05) is 63.2 Å². The number of nitrogens with one attached hydrogen (secondary N) is 5. The molecule has 5 rings (SSSR count). The number of amides is 1. The number of carbonyl (C=O) groups excluding carboxylic acids is 1. The standard InChI is InChI=1S/C35H42N8O9S2/c1-51-20-21-52-19-3-15-41-53(47,48)29-9-4-25(5-10-29)26-6-11-30(12-7-26)54(49,50)42-31(34(45)46)24-39-33(44)27-8-13-32-28(22-27)23-40-43(32)18-2-14-36-35-37-16-17-38-35/h4-13,16-17,22-23,31,41-42H,2-3,14-15,18-21,24H2,1H3,(H,39,44)(H,45,46)(H2,36,37,38)/t31-/m0/s1. The van der Waals surface area contributed by atoms with Gasteiger partial charge in [0.15, 0.2) is 5.95 Å². The Morgan fingerprint density at radius 2 is 1.59 bits per heavy atom. The van der Waals surface area contributed by atoms with Gasteiger partial charge in [-0.15, -0.1) is 0 Å². The van der Waals surface area contributed by atoms with Crippen molar-refractivity contribution in [2.45, 2.75) is 35.2 Å². The molecule has 5 aromatic rings. The molecule has 0 fully saturated rings. The zero-order chi connectivity index (χ0) is 38.6. The predicted molar refractivity (Wildman–Crippen MR) is 200 cm³/mol. The minimum Gasteiger partial charge on any atom is -0.480 e. The topological polar surface area (TPSA) is 236 Å². The van der Waals surface area contributed by atoms with Crippen molar-refractivity contribution in [2.24, 2.45) is 0 Å². The van der Waals surface area contributed by atoms with E-state index < -0.39 is 44.5 Å². The molecule has 2 aromatic heterocycles. The van der Waals surface area contributed by atoms with E-state index in [2.05, 4.69) is 35.1 Å². The number of aliphatic carboxylic acids is 1. The molecule has 288 valence electrons. The van der Waals surface area contributed by atoms with E-state index in [1.807, 2.05) is 4.68 Å². The summed E-state index contributed by atoms with van der Waals surface area (Å²) >= 11 is 0. The van der Waals surface area contributed by atoms with Crippen molar-refractivity contribution < 1.29 is 41.0 Å². The molecule has 0 unspecified atom stereocenters. The maximum Gasteiger partial charge on any atom is 0.323 e. The molecule has 0 saturated carbocycles. The van der Waals surface area contributed by atoms with E-state index in [1.54, 1.807) is 56.0 Å². The Kier molecular flexibility index (Phi) is 13.9. The zero-order valence-electron chi connectivity index (χ0n) is 29.4. The van der Waals surface area contributed by atoms with E-state index in [-0.39, 0.29) is 21.9 Å². The molecular weight excluding hydrogens is 741 g/mol. The van der Waals surface area contributed by atoms with Crippen molar-refractivity contribution in [3.05, 3.63) is 90.9 Å². The Hall–Kier alpha value is -5.18. The molecule has 1 amide bonds. The molecule has 2 heterocycles. The smallest absolute Gasteiger partial charge is 0.323 e. The number of anilines is 1. The highest BCUT2D eigenvalue weighted by Gasteiger charge is 2.26. The monoisotopic (exact) mass is 782 g/mol. The number of aromatic nitrogens is 4. The number of fused-ring (bicyclic) bond motifs is 1. The lowest BCUT2D eigenvalue weighted by Gasteiger charge is -2.16. The summed E-state index contributed by atoms with van der Waals surface area (Å²) in [5.41, 5.74) is 2.31. The van der Waals surface area contributed by atoms with Gasteiger partial charge in [0.1, 0.15) is 6.04 Å². The Bertz CT molecular complexity index is 2210. The summed E-state index contributed by atoms with van der Waals surface area (Å²) in [6.07, 6.45) is 6.28. The van der Waals surface area contributed by atoms with E-state index in [1.165, 1.54) is 36.4 Å². The second-order valence-electron chi connectivity index (χ2n) is 12.0. The Labute approximate surface area is 312 Å². The summed E-state index contributed by atoms with van der Waals surface area (Å²) in [4.78, 5) is 31.9. The summed E-state index contributed by atoms with van der Waals surface area (Å²) < 4.78 is 68.3. The molecule has 6 N–H and O–H groups in total. The molecule has 0 radical (unpaired) electrons. The lowest BCUT2D eigenvalue weighted by atomic mass is 10.1. The SMILES string of the molecule is COCCOCCCNS(=O)(=O)c1ccc(-c2ccc(S(=O)(=O)N[C@@H](CNC(=O)c3ccc4c(cnn4CCCNc4ncc[nH]4)c3)C(=O)O)cc2)cc1. The number of carbonyl (C=O) groups is 2. The van der Waals surface area contributed by atoms with E-state index in [9.17, 15) is 31.5 Å². The molecule has 0 spiro atoms. The van der Waals surface area contributed by atoms with Gasteiger partial charge in [0.25, 0.3) is 5.91 Å². The van der Waals surface area contributed by atoms with Crippen LogP contribution >= 0.6 is 0 Å². The summed E-state index contributed by atoms with van der Waals surface area (Å²) in [7, 11) is -6.49. The first-order chi connectivity index (χ1) is 26.0. The van der Waals surface area contributed by atoms with Crippen molar-refractivity contribution in [1.82, 2.24) is 34.5 Å². The van der Waals surface area contributed by atoms with Gasteiger partial charge in [-0.25, -0.2) is 26.5 Å². The third-order valence-electron chi connectivity index (χ3n) is 8.16. The fourth-order valence-corrected chi connectivity index (χ4v) is 7.56. The third-order valence-corrected chi connectivity index (χ3v) is 11.1. The number of H-pyrrole nitrogens is 1. The largest absolute Gasteiger partial charge is 0.480 e. The third kappa shape index (κ3) is 10.9. The summed E-state index contributed by atoms with van der Waals surface area (Å²) in [6.45, 7) is 2.26. The molecule has 0 aliphatic carbocycles. The van der Waals surface area contributed by atoms with Crippen molar-refractivity contribution in [2.75, 3.05) is 51.9 Å². The molecule has 0 aliphatic rings. The number of sulfonamides is 2. The average molecular weight is 783 g/mol. The van der Waals surface area contributed by atoms with Crippen molar-refractivity contribution >= 4 is 48.8 Å². The fourth-order valence-electron chi connectivity index (χ4n) is 5.30. The van der Waals surface area contributed by atoms with Crippen molar-refractivity contribution in [1.29, 1.82) is 0 Å². The van der Waals surface area contributed by atoms with Crippen LogP contribution in [-0.2, 0) is 40.9 Å². The molecule has 19 heteroatoms. The summed E-state index contributed by atoms with van der Waals surface area (Å²) in [5.74, 6) is -1.38. The molecule has 17 nitrogen and oxygen atoms in total. The molecule has 0 saturated heterocycles. The van der Waals surface area contributed by atoms with Gasteiger partial charge in [0.2, 0.25) is 20.0 Å². The van der Waals surface area contributed by atoms with Crippen LogP contribution < -0.4 is 20.1 Å². The van der Waals surface area contributed by atoms with E-state index in [0.717, 1.165) is 11.9 Å². The Morgan fingerprint density at radius 3 is 2.24 bits per heavy atom. The van der Waals surface area contributed by atoms with Crippen LogP contribution in [0.4, 0.5) is 5.95 Å². The van der Waals surface area contributed by atoms with Crippen LogP contribution in [-0.4, -0.2) is 106 Å². The lowest BCUT2D eigenvalue weighted by molar-refractivity contribution is -0.138. The van der Waals surface area contributed by atoms with Crippen LogP contribution in [0.2, 0.25) is 0 Å². The first-order valence-corrected chi connectivity index (χ1v) is 19.9. The number of carboxylic acid groups (broad SMARTS) is 1. The van der Waals surface area contributed by atoms with Gasteiger partial charge in [-0.3, -0.25) is 14.3 Å². The van der Waals surface area contributed by atoms with Crippen LogP contribution in [0.1, 0.15) is 23.2 Å². The number of methoxy groups -OCH3 is 1. The number of carboxylic acids is 1. The van der Waals surface area contributed by atoms with Crippen LogP contribution in [0, 0.1) is 0 Å².